The molecule has 0 spiro atoms. The van der Waals surface area contributed by atoms with E-state index in [9.17, 15) is 13.2 Å². The summed E-state index contributed by atoms with van der Waals surface area (Å²) in [7, 11) is 0. The zero-order valence-electron chi connectivity index (χ0n) is 8.47. The summed E-state index contributed by atoms with van der Waals surface area (Å²) in [6.45, 7) is 3.37. The molecule has 0 unspecified atom stereocenters. The van der Waals surface area contributed by atoms with Gasteiger partial charge in [0.2, 0.25) is 0 Å². The van der Waals surface area contributed by atoms with Crippen LogP contribution in [0.15, 0.2) is 24.8 Å². The second-order valence-corrected chi connectivity index (χ2v) is 3.75. The van der Waals surface area contributed by atoms with Gasteiger partial charge in [0.25, 0.3) is 0 Å². The highest BCUT2D eigenvalue weighted by molar-refractivity contribution is 5.42. The van der Waals surface area contributed by atoms with Gasteiger partial charge in [0.05, 0.1) is 0 Å². The molecule has 0 saturated heterocycles. The minimum absolute atomic E-state index is 0.244. The summed E-state index contributed by atoms with van der Waals surface area (Å²) >= 11 is 0. The third-order valence-corrected chi connectivity index (χ3v) is 2.47. The van der Waals surface area contributed by atoms with Crippen molar-refractivity contribution in [1.82, 2.24) is 0 Å². The largest absolute Gasteiger partial charge is 0.573 e. The molecule has 1 fully saturated rings. The van der Waals surface area contributed by atoms with Crippen molar-refractivity contribution in [2.75, 3.05) is 0 Å². The van der Waals surface area contributed by atoms with Crippen molar-refractivity contribution >= 4 is 0 Å². The average Bonchev–Trinajstić information content (AvgIpc) is 2.99. The van der Waals surface area contributed by atoms with Crippen molar-refractivity contribution in [2.45, 2.75) is 25.1 Å². The van der Waals surface area contributed by atoms with Gasteiger partial charge in [-0.2, -0.15) is 0 Å². The number of halogens is 3. The Kier molecular flexibility index (Phi) is 2.66. The first-order chi connectivity index (χ1) is 7.49. The minimum atomic E-state index is -4.67. The Balaban J connectivity index is 2.27. The number of benzene rings is 1. The summed E-state index contributed by atoms with van der Waals surface area (Å²) in [5.74, 6) is 0.235. The fourth-order valence-electron chi connectivity index (χ4n) is 1.57. The molecule has 1 aliphatic rings. The Morgan fingerprint density at radius 2 is 2.00 bits per heavy atom. The van der Waals surface area contributed by atoms with E-state index in [1.165, 1.54) is 6.07 Å². The molecule has 85 valence electrons. The first-order valence-corrected chi connectivity index (χ1v) is 4.92. The molecule has 1 nitrogen and oxygen atoms in total. The van der Waals surface area contributed by atoms with Gasteiger partial charge in [-0.15, -0.1) is 13.2 Å². The first kappa shape index (κ1) is 11.0. The number of hydrogen-bond donors (Lipinski definition) is 0. The van der Waals surface area contributed by atoms with Gasteiger partial charge in [-0.05, 0) is 42.5 Å². The topological polar surface area (TPSA) is 9.23 Å². The van der Waals surface area contributed by atoms with Crippen LogP contribution in [0, 0.1) is 6.08 Å². The highest BCUT2D eigenvalue weighted by Gasteiger charge is 2.32. The van der Waals surface area contributed by atoms with Crippen molar-refractivity contribution in [3.05, 3.63) is 42.0 Å². The van der Waals surface area contributed by atoms with Crippen molar-refractivity contribution in [3.8, 4) is 5.75 Å². The molecule has 1 aliphatic carbocycles. The van der Waals surface area contributed by atoms with Crippen LogP contribution in [-0.2, 0) is 0 Å². The molecule has 1 radical (unpaired) electrons. The van der Waals surface area contributed by atoms with E-state index < -0.39 is 6.36 Å². The van der Waals surface area contributed by atoms with Crippen LogP contribution in [0.5, 0.6) is 5.75 Å². The summed E-state index contributed by atoms with van der Waals surface area (Å²) < 4.78 is 40.1. The minimum Gasteiger partial charge on any atom is -0.405 e. The number of ether oxygens (including phenoxy) is 1. The van der Waals surface area contributed by atoms with Crippen LogP contribution in [0.2, 0.25) is 0 Å². The summed E-state index contributed by atoms with van der Waals surface area (Å²) in [6, 6.07) is 4.65. The van der Waals surface area contributed by atoms with Crippen LogP contribution in [0.3, 0.4) is 0 Å². The van der Waals surface area contributed by atoms with Crippen LogP contribution < -0.4 is 4.74 Å². The lowest BCUT2D eigenvalue weighted by Gasteiger charge is -2.12. The maximum Gasteiger partial charge on any atom is 0.573 e. The molecular formula is C12H10F3O. The van der Waals surface area contributed by atoms with E-state index in [0.717, 1.165) is 18.4 Å². The normalized spacial score (nSPS) is 15.9. The highest BCUT2D eigenvalue weighted by Crippen LogP contribution is 2.41. The van der Waals surface area contributed by atoms with Gasteiger partial charge in [-0.3, -0.25) is 0 Å². The van der Waals surface area contributed by atoms with E-state index in [1.807, 2.05) is 0 Å². The Hall–Kier alpha value is -1.45. The number of rotatable bonds is 3. The predicted octanol–water partition coefficient (Wildman–Crippen LogP) is 3.80. The van der Waals surface area contributed by atoms with E-state index in [1.54, 1.807) is 12.1 Å². The fraction of sp³-hybridized carbons (Fsp3) is 0.333. The molecular weight excluding hydrogens is 217 g/mol. The van der Waals surface area contributed by atoms with Crippen molar-refractivity contribution in [3.63, 3.8) is 0 Å². The lowest BCUT2D eigenvalue weighted by atomic mass is 10.1. The molecule has 16 heavy (non-hydrogen) atoms. The fourth-order valence-corrected chi connectivity index (χ4v) is 1.57. The van der Waals surface area contributed by atoms with E-state index in [0.29, 0.717) is 5.92 Å². The number of hydrogen-bond acceptors (Lipinski definition) is 1. The Morgan fingerprint density at radius 3 is 2.50 bits per heavy atom. The molecule has 2 rings (SSSR count). The van der Waals surface area contributed by atoms with Gasteiger partial charge in [0.15, 0.2) is 0 Å². The first-order valence-electron chi connectivity index (χ1n) is 4.92. The number of alkyl halides is 3. The zero-order valence-corrected chi connectivity index (χ0v) is 8.47. The summed E-state index contributed by atoms with van der Waals surface area (Å²) in [4.78, 5) is 0. The quantitative estimate of drug-likeness (QED) is 0.763. The highest BCUT2D eigenvalue weighted by atomic mass is 19.4. The van der Waals surface area contributed by atoms with Crippen molar-refractivity contribution < 1.29 is 17.9 Å². The van der Waals surface area contributed by atoms with Crippen LogP contribution >= 0.6 is 0 Å². The molecule has 1 aromatic carbocycles. The molecule has 4 heteroatoms. The third-order valence-electron chi connectivity index (χ3n) is 2.47. The van der Waals surface area contributed by atoms with E-state index in [4.69, 9.17) is 0 Å². The molecule has 0 atom stereocenters. The lowest BCUT2D eigenvalue weighted by molar-refractivity contribution is -0.274. The van der Waals surface area contributed by atoms with Gasteiger partial charge in [0.1, 0.15) is 5.75 Å². The maximum absolute atomic E-state index is 12.1. The van der Waals surface area contributed by atoms with Gasteiger partial charge >= 0.3 is 6.36 Å². The molecule has 0 amide bonds. The van der Waals surface area contributed by atoms with Crippen LogP contribution in [0.25, 0.3) is 0 Å². The Labute approximate surface area is 91.5 Å². The maximum atomic E-state index is 12.1. The second-order valence-electron chi connectivity index (χ2n) is 3.75. The van der Waals surface area contributed by atoms with Gasteiger partial charge in [-0.1, -0.05) is 12.6 Å². The van der Waals surface area contributed by atoms with E-state index in [-0.39, 0.29) is 11.3 Å². The lowest BCUT2D eigenvalue weighted by Crippen LogP contribution is -2.17. The van der Waals surface area contributed by atoms with Gasteiger partial charge in [0, 0.05) is 5.56 Å². The van der Waals surface area contributed by atoms with Crippen LogP contribution in [0.1, 0.15) is 29.9 Å². The monoisotopic (exact) mass is 227 g/mol. The summed E-state index contributed by atoms with van der Waals surface area (Å²) in [5, 5.41) is 0. The van der Waals surface area contributed by atoms with Crippen LogP contribution in [-0.4, -0.2) is 6.36 Å². The standard InChI is InChI=1S/C12H10F3O/c1-2-8-7-10(9-3-4-9)5-6-11(8)16-12(13,14)15/h5-7,9H,1,3-4H2. The van der Waals surface area contributed by atoms with E-state index >= 15 is 0 Å². The smallest absolute Gasteiger partial charge is 0.405 e. The molecule has 0 aliphatic heterocycles. The Morgan fingerprint density at radius 1 is 1.31 bits per heavy atom. The molecule has 0 aromatic heterocycles. The van der Waals surface area contributed by atoms with Crippen molar-refractivity contribution in [2.24, 2.45) is 0 Å². The van der Waals surface area contributed by atoms with Crippen molar-refractivity contribution in [1.29, 1.82) is 0 Å². The molecule has 1 saturated carbocycles. The molecule has 0 bridgehead atoms. The predicted molar refractivity (Wildman–Crippen MR) is 53.1 cm³/mol. The van der Waals surface area contributed by atoms with Gasteiger partial charge in [-0.25, -0.2) is 0 Å². The SMILES string of the molecule is C=[C]c1cc(C2CC2)ccc1OC(F)(F)F. The zero-order chi connectivity index (χ0) is 11.8. The Bertz CT molecular complexity index is 405. The van der Waals surface area contributed by atoms with Gasteiger partial charge < -0.3 is 4.74 Å². The molecule has 0 N–H and O–H groups in total. The molecule has 0 heterocycles. The third kappa shape index (κ3) is 2.56. The van der Waals surface area contributed by atoms with E-state index in [2.05, 4.69) is 17.4 Å². The average molecular weight is 227 g/mol. The van der Waals surface area contributed by atoms with Crippen LogP contribution in [0.4, 0.5) is 13.2 Å². The molecule has 1 aromatic rings. The summed E-state index contributed by atoms with van der Waals surface area (Å²) in [5.41, 5.74) is 1.29. The summed E-state index contributed by atoms with van der Waals surface area (Å²) in [6.07, 6.45) is -0.0211. The second kappa shape index (κ2) is 3.85.